The summed E-state index contributed by atoms with van der Waals surface area (Å²) in [6, 6.07) is 0. The van der Waals surface area contributed by atoms with Crippen LogP contribution in [0.4, 0.5) is 0 Å². The first-order valence-electron chi connectivity index (χ1n) is 7.77. The Hall–Kier alpha value is 0.120. The monoisotopic (exact) mass is 344 g/mol. The number of unbranched alkanes of at least 4 members (excludes halogenated alkanes) is 9. The van der Waals surface area contributed by atoms with E-state index in [0.29, 0.717) is 6.42 Å². The van der Waals surface area contributed by atoms with Crippen molar-refractivity contribution in [3.63, 3.8) is 0 Å². The summed E-state index contributed by atoms with van der Waals surface area (Å²) in [5.41, 5.74) is 0. The molecule has 0 aliphatic rings. The van der Waals surface area contributed by atoms with Crippen molar-refractivity contribution in [3.8, 4) is 0 Å². The predicted molar refractivity (Wildman–Crippen MR) is 90.2 cm³/mol. The summed E-state index contributed by atoms with van der Waals surface area (Å²) in [6.07, 6.45) is 12.0. The standard InChI is InChI=1S/C15H28O5S.Na.H/c1-3-5-6-7-8-9-10-11-12-13-14-21(17,18)20-19-15(16)4-2;;/h4H,2-3,5-14H2,1H3;;. The molecule has 0 saturated heterocycles. The van der Waals surface area contributed by atoms with Crippen LogP contribution in [0.25, 0.3) is 0 Å². The zero-order chi connectivity index (χ0) is 16.0. The molecule has 0 bridgehead atoms. The third-order valence-corrected chi connectivity index (χ3v) is 4.20. The van der Waals surface area contributed by atoms with Gasteiger partial charge in [0.05, 0.1) is 5.75 Å². The first-order valence-corrected chi connectivity index (χ1v) is 9.34. The van der Waals surface area contributed by atoms with Gasteiger partial charge in [-0.2, -0.15) is 8.42 Å². The molecule has 5 nitrogen and oxygen atoms in total. The van der Waals surface area contributed by atoms with Gasteiger partial charge < -0.3 is 0 Å². The van der Waals surface area contributed by atoms with Gasteiger partial charge in [0.2, 0.25) is 0 Å². The second-order valence-electron chi connectivity index (χ2n) is 5.12. The third-order valence-electron chi connectivity index (χ3n) is 3.13. The quantitative estimate of drug-likeness (QED) is 0.159. The van der Waals surface area contributed by atoms with E-state index in [1.54, 1.807) is 0 Å². The van der Waals surface area contributed by atoms with Crippen molar-refractivity contribution in [2.24, 2.45) is 0 Å². The molecule has 0 amide bonds. The Labute approximate surface area is 157 Å². The number of hydrogen-bond acceptors (Lipinski definition) is 5. The summed E-state index contributed by atoms with van der Waals surface area (Å²) in [5, 5.41) is 0. The van der Waals surface area contributed by atoms with E-state index < -0.39 is 16.1 Å². The van der Waals surface area contributed by atoms with E-state index in [1.807, 2.05) is 0 Å². The van der Waals surface area contributed by atoms with Crippen LogP contribution in [0.5, 0.6) is 0 Å². The predicted octanol–water partition coefficient (Wildman–Crippen LogP) is 3.25. The second kappa shape index (κ2) is 16.0. The molecule has 0 aromatic rings. The van der Waals surface area contributed by atoms with Crippen molar-refractivity contribution in [2.75, 3.05) is 5.75 Å². The second-order valence-corrected chi connectivity index (χ2v) is 6.78. The van der Waals surface area contributed by atoms with Crippen LogP contribution in [0.3, 0.4) is 0 Å². The fourth-order valence-corrected chi connectivity index (χ4v) is 2.72. The number of rotatable bonds is 14. The summed E-state index contributed by atoms with van der Waals surface area (Å²) in [7, 11) is -3.79. The first kappa shape index (κ1) is 24.4. The Bertz CT molecular complexity index is 381. The summed E-state index contributed by atoms with van der Waals surface area (Å²) >= 11 is 0. The Balaban J connectivity index is 0. The van der Waals surface area contributed by atoms with Crippen LogP contribution in [-0.2, 0) is 24.1 Å². The number of hydrogen-bond donors (Lipinski definition) is 0. The average Bonchev–Trinajstić information content (AvgIpc) is 2.46. The topological polar surface area (TPSA) is 69.7 Å². The van der Waals surface area contributed by atoms with Gasteiger partial charge in [-0.05, 0) is 6.42 Å². The van der Waals surface area contributed by atoms with Crippen molar-refractivity contribution in [1.82, 2.24) is 0 Å². The molecule has 0 spiro atoms. The van der Waals surface area contributed by atoms with Crippen molar-refractivity contribution < 1.29 is 22.4 Å². The van der Waals surface area contributed by atoms with Crippen LogP contribution in [0, 0.1) is 0 Å². The fourth-order valence-electron chi connectivity index (χ4n) is 1.92. The van der Waals surface area contributed by atoms with E-state index in [2.05, 4.69) is 22.7 Å². The van der Waals surface area contributed by atoms with Crippen LogP contribution >= 0.6 is 0 Å². The number of carbonyl (C=O) groups excluding carboxylic acids is 1. The fraction of sp³-hybridized carbons (Fsp3) is 0.800. The Morgan fingerprint density at radius 3 is 1.86 bits per heavy atom. The van der Waals surface area contributed by atoms with Crippen molar-refractivity contribution in [1.29, 1.82) is 0 Å². The summed E-state index contributed by atoms with van der Waals surface area (Å²) in [4.78, 5) is 14.7. The van der Waals surface area contributed by atoms with Crippen LogP contribution in [-0.4, -0.2) is 49.7 Å². The molecule has 0 aromatic carbocycles. The van der Waals surface area contributed by atoms with Gasteiger partial charge in [0, 0.05) is 6.08 Å². The van der Waals surface area contributed by atoms with E-state index in [4.69, 9.17) is 0 Å². The normalized spacial score (nSPS) is 10.8. The van der Waals surface area contributed by atoms with Crippen LogP contribution in [0.15, 0.2) is 12.7 Å². The molecule has 0 aliphatic carbocycles. The van der Waals surface area contributed by atoms with Crippen molar-refractivity contribution in [2.45, 2.75) is 71.1 Å². The first-order chi connectivity index (χ1) is 10.0. The zero-order valence-electron chi connectivity index (χ0n) is 13.0. The molecule has 0 aliphatic heterocycles. The molecule has 7 heteroatoms. The minimum absolute atomic E-state index is 0. The van der Waals surface area contributed by atoms with Gasteiger partial charge in [0.25, 0.3) is 0 Å². The molecule has 22 heavy (non-hydrogen) atoms. The molecular weight excluding hydrogens is 315 g/mol. The molecule has 0 aromatic heterocycles. The van der Waals surface area contributed by atoms with E-state index in [-0.39, 0.29) is 35.3 Å². The van der Waals surface area contributed by atoms with Crippen LogP contribution < -0.4 is 0 Å². The molecule has 0 fully saturated rings. The Morgan fingerprint density at radius 1 is 0.955 bits per heavy atom. The number of carbonyl (C=O) groups is 1. The van der Waals surface area contributed by atoms with E-state index >= 15 is 0 Å². The molecule has 0 saturated carbocycles. The molecule has 0 N–H and O–H groups in total. The van der Waals surface area contributed by atoms with Gasteiger partial charge in [-0.25, -0.2) is 4.79 Å². The van der Waals surface area contributed by atoms with Gasteiger partial charge in [0.1, 0.15) is 0 Å². The van der Waals surface area contributed by atoms with Crippen LogP contribution in [0.2, 0.25) is 0 Å². The average molecular weight is 344 g/mol. The van der Waals surface area contributed by atoms with Gasteiger partial charge >= 0.3 is 45.6 Å². The third kappa shape index (κ3) is 16.5. The summed E-state index contributed by atoms with van der Waals surface area (Å²) in [5.74, 6) is -1.05. The zero-order valence-corrected chi connectivity index (χ0v) is 13.8. The molecule has 0 atom stereocenters. The van der Waals surface area contributed by atoms with E-state index in [9.17, 15) is 13.2 Å². The van der Waals surface area contributed by atoms with Gasteiger partial charge in [-0.1, -0.05) is 75.6 Å². The van der Waals surface area contributed by atoms with Crippen molar-refractivity contribution in [3.05, 3.63) is 12.7 Å². The van der Waals surface area contributed by atoms with E-state index in [0.717, 1.165) is 25.3 Å². The molecule has 0 rings (SSSR count). The van der Waals surface area contributed by atoms with Gasteiger partial charge in [-0.3, -0.25) is 4.89 Å². The maximum atomic E-state index is 11.4. The molecule has 126 valence electrons. The summed E-state index contributed by atoms with van der Waals surface area (Å²) < 4.78 is 26.8. The van der Waals surface area contributed by atoms with Gasteiger partial charge in [-0.15, -0.1) is 0 Å². The van der Waals surface area contributed by atoms with E-state index in [1.165, 1.54) is 38.5 Å². The Kier molecular flexibility index (Phi) is 17.7. The van der Waals surface area contributed by atoms with Crippen LogP contribution in [0.1, 0.15) is 71.1 Å². The molecule has 0 heterocycles. The SMILES string of the molecule is C=CC(=O)OOS(=O)(=O)CCCCCCCCCCCC.[NaH]. The molecule has 0 unspecified atom stereocenters. The Morgan fingerprint density at radius 2 is 1.41 bits per heavy atom. The minimum atomic E-state index is -3.79. The summed E-state index contributed by atoms with van der Waals surface area (Å²) in [6.45, 7) is 5.34. The molecule has 0 radical (unpaired) electrons. The molecular formula is C15H29NaO5S. The van der Waals surface area contributed by atoms with Gasteiger partial charge in [0.15, 0.2) is 0 Å². The van der Waals surface area contributed by atoms with Crippen molar-refractivity contribution >= 4 is 45.6 Å². The maximum absolute atomic E-state index is 11.4.